The van der Waals surface area contributed by atoms with Gasteiger partial charge in [-0.25, -0.2) is 0 Å². The van der Waals surface area contributed by atoms with Gasteiger partial charge in [0.1, 0.15) is 0 Å². The molecular weight excluding hydrogens is 277 g/mol. The second-order valence-electron chi connectivity index (χ2n) is 4.07. The van der Waals surface area contributed by atoms with Crippen molar-refractivity contribution in [3.8, 4) is 0 Å². The molecule has 1 aliphatic heterocycles. The predicted molar refractivity (Wildman–Crippen MR) is 69.0 cm³/mol. The summed E-state index contributed by atoms with van der Waals surface area (Å²) in [7, 11) is 0. The lowest BCUT2D eigenvalue weighted by Crippen LogP contribution is -2.37. The molecule has 1 aromatic rings. The van der Waals surface area contributed by atoms with Crippen LogP contribution >= 0.6 is 11.8 Å². The number of nitrogens with one attached hydrogen (secondary N) is 1. The van der Waals surface area contributed by atoms with Gasteiger partial charge in [-0.2, -0.15) is 13.2 Å². The average Bonchev–Trinajstić information content (AvgIpc) is 2.48. The first-order valence-electron chi connectivity index (χ1n) is 5.77. The summed E-state index contributed by atoms with van der Waals surface area (Å²) in [5.41, 5.74) is -2.64. The molecule has 0 radical (unpaired) electrons. The van der Waals surface area contributed by atoms with Crippen LogP contribution in [0.15, 0.2) is 24.3 Å². The van der Waals surface area contributed by atoms with E-state index in [-0.39, 0.29) is 36.5 Å². The highest BCUT2D eigenvalue weighted by Gasteiger charge is 2.29. The summed E-state index contributed by atoms with van der Waals surface area (Å²) in [5.74, 6) is -0.364. The van der Waals surface area contributed by atoms with E-state index in [0.29, 0.717) is 12.2 Å². The van der Waals surface area contributed by atoms with Gasteiger partial charge in [0.2, 0.25) is 5.91 Å². The first-order chi connectivity index (χ1) is 8.97. The highest BCUT2D eigenvalue weighted by Crippen LogP contribution is 2.31. The molecule has 0 bridgehead atoms. The van der Waals surface area contributed by atoms with Gasteiger partial charge in [0.25, 0.3) is 0 Å². The van der Waals surface area contributed by atoms with Crippen molar-refractivity contribution < 1.29 is 18.0 Å². The van der Waals surface area contributed by atoms with Crippen molar-refractivity contribution in [2.75, 3.05) is 23.7 Å². The van der Waals surface area contributed by atoms with Gasteiger partial charge in [0.15, 0.2) is 0 Å². The second-order valence-corrected chi connectivity index (χ2v) is 5.23. The van der Waals surface area contributed by atoms with Gasteiger partial charge in [0.05, 0.1) is 6.54 Å². The van der Waals surface area contributed by atoms with E-state index in [0.717, 1.165) is 5.56 Å². The summed E-state index contributed by atoms with van der Waals surface area (Å²) < 4.78 is 36.4. The molecule has 1 aromatic carbocycles. The number of nitrogens with zero attached hydrogens (tertiary/aromatic N) is 1. The lowest BCUT2D eigenvalue weighted by Gasteiger charge is -2.22. The third kappa shape index (κ3) is 3.87. The van der Waals surface area contributed by atoms with E-state index in [2.05, 4.69) is 5.32 Å². The Bertz CT molecular complexity index is 465. The summed E-state index contributed by atoms with van der Waals surface area (Å²) in [5, 5.41) is 2.97. The fourth-order valence-electron chi connectivity index (χ4n) is 1.96. The maximum atomic E-state index is 12.1. The van der Waals surface area contributed by atoms with Crippen LogP contribution in [0.3, 0.4) is 0 Å². The number of halogens is 3. The normalized spacial score (nSPS) is 16.2. The van der Waals surface area contributed by atoms with Crippen LogP contribution in [0.25, 0.3) is 0 Å². The number of carbonyl (C=O) groups excluding carboxylic acids is 1. The van der Waals surface area contributed by atoms with E-state index in [9.17, 15) is 18.0 Å². The number of alkyl halides is 3. The fourth-order valence-corrected chi connectivity index (χ4v) is 2.46. The van der Waals surface area contributed by atoms with Crippen molar-refractivity contribution in [1.29, 1.82) is 0 Å². The van der Waals surface area contributed by atoms with E-state index in [1.54, 1.807) is 12.1 Å². The van der Waals surface area contributed by atoms with Crippen LogP contribution in [0.5, 0.6) is 0 Å². The van der Waals surface area contributed by atoms with Crippen LogP contribution in [0, 0.1) is 0 Å². The number of para-hydroxylation sites is 1. The molecule has 0 spiro atoms. The molecule has 0 atom stereocenters. The molecular formula is C12H13F3N2OS. The van der Waals surface area contributed by atoms with Crippen LogP contribution < -0.4 is 10.2 Å². The van der Waals surface area contributed by atoms with Crippen molar-refractivity contribution >= 4 is 23.4 Å². The van der Waals surface area contributed by atoms with Crippen molar-refractivity contribution in [2.24, 2.45) is 0 Å². The molecule has 19 heavy (non-hydrogen) atoms. The number of amides is 1. The summed E-state index contributed by atoms with van der Waals surface area (Å²) >= 11 is -0.104. The van der Waals surface area contributed by atoms with E-state index in [1.165, 1.54) is 4.90 Å². The second kappa shape index (κ2) is 5.83. The van der Waals surface area contributed by atoms with E-state index < -0.39 is 5.51 Å². The van der Waals surface area contributed by atoms with E-state index in [1.807, 2.05) is 12.1 Å². The van der Waals surface area contributed by atoms with Crippen LogP contribution in [0.4, 0.5) is 18.9 Å². The molecule has 7 heteroatoms. The smallest absolute Gasteiger partial charge is 0.310 e. The van der Waals surface area contributed by atoms with Gasteiger partial charge in [-0.15, -0.1) is 0 Å². The quantitative estimate of drug-likeness (QED) is 0.927. The average molecular weight is 290 g/mol. The fraction of sp³-hybridized carbons (Fsp3) is 0.417. The molecule has 0 aliphatic carbocycles. The monoisotopic (exact) mass is 290 g/mol. The number of hydrogen-bond donors (Lipinski definition) is 1. The Balaban J connectivity index is 2.11. The number of rotatable bonds is 3. The summed E-state index contributed by atoms with van der Waals surface area (Å²) in [6, 6.07) is 7.25. The standard InChI is InChI=1S/C12H13F3N2OS/c13-12(14,15)19-6-5-17-10-4-2-1-3-9(10)7-16-8-11(17)18/h1-4,16H,5-8H2. The third-order valence-electron chi connectivity index (χ3n) is 2.76. The van der Waals surface area contributed by atoms with Gasteiger partial charge < -0.3 is 10.2 Å². The molecule has 104 valence electrons. The van der Waals surface area contributed by atoms with E-state index in [4.69, 9.17) is 0 Å². The van der Waals surface area contributed by atoms with E-state index >= 15 is 0 Å². The Hall–Kier alpha value is -1.21. The summed E-state index contributed by atoms with van der Waals surface area (Å²) in [6.07, 6.45) is 0. The third-order valence-corrected chi connectivity index (χ3v) is 3.47. The number of thioether (sulfide) groups is 1. The number of benzene rings is 1. The lowest BCUT2D eigenvalue weighted by atomic mass is 10.1. The summed E-state index contributed by atoms with van der Waals surface area (Å²) in [4.78, 5) is 13.3. The highest BCUT2D eigenvalue weighted by molar-refractivity contribution is 8.00. The first kappa shape index (κ1) is 14.2. The molecule has 3 nitrogen and oxygen atoms in total. The van der Waals surface area contributed by atoms with Crippen molar-refractivity contribution in [3.05, 3.63) is 29.8 Å². The molecule has 0 unspecified atom stereocenters. The lowest BCUT2D eigenvalue weighted by molar-refractivity contribution is -0.117. The Labute approximate surface area is 113 Å². The molecule has 1 amide bonds. The Morgan fingerprint density at radius 2 is 2.00 bits per heavy atom. The zero-order chi connectivity index (χ0) is 13.9. The minimum absolute atomic E-state index is 0.0572. The van der Waals surface area contributed by atoms with Crippen LogP contribution in [0.1, 0.15) is 5.56 Å². The SMILES string of the molecule is O=C1CNCc2ccccc2N1CCSC(F)(F)F. The molecule has 1 N–H and O–H groups in total. The maximum Gasteiger partial charge on any atom is 0.441 e. The number of fused-ring (bicyclic) bond motifs is 1. The van der Waals surface area contributed by atoms with Gasteiger partial charge in [-0.05, 0) is 23.4 Å². The van der Waals surface area contributed by atoms with Gasteiger partial charge >= 0.3 is 5.51 Å². The topological polar surface area (TPSA) is 32.3 Å². The minimum atomic E-state index is -4.26. The Kier molecular flexibility index (Phi) is 4.36. The number of carbonyl (C=O) groups is 1. The minimum Gasteiger partial charge on any atom is -0.310 e. The molecule has 0 fully saturated rings. The number of anilines is 1. The van der Waals surface area contributed by atoms with Crippen molar-refractivity contribution in [1.82, 2.24) is 5.32 Å². The molecule has 1 aliphatic rings. The summed E-state index contributed by atoms with van der Waals surface area (Å²) in [6.45, 7) is 0.748. The molecule has 2 rings (SSSR count). The van der Waals surface area contributed by atoms with Crippen LogP contribution in [0.2, 0.25) is 0 Å². The van der Waals surface area contributed by atoms with Crippen LogP contribution in [-0.4, -0.2) is 30.3 Å². The Morgan fingerprint density at radius 3 is 2.74 bits per heavy atom. The largest absolute Gasteiger partial charge is 0.441 e. The number of hydrogen-bond acceptors (Lipinski definition) is 3. The van der Waals surface area contributed by atoms with Crippen LogP contribution in [-0.2, 0) is 11.3 Å². The van der Waals surface area contributed by atoms with Gasteiger partial charge in [-0.3, -0.25) is 4.79 Å². The highest BCUT2D eigenvalue weighted by atomic mass is 32.2. The molecule has 0 saturated carbocycles. The van der Waals surface area contributed by atoms with Gasteiger partial charge in [-0.1, -0.05) is 18.2 Å². The van der Waals surface area contributed by atoms with Crippen molar-refractivity contribution in [3.63, 3.8) is 0 Å². The Morgan fingerprint density at radius 1 is 1.26 bits per heavy atom. The molecule has 0 aromatic heterocycles. The molecule has 1 heterocycles. The van der Waals surface area contributed by atoms with Gasteiger partial charge in [0, 0.05) is 24.5 Å². The predicted octanol–water partition coefficient (Wildman–Crippen LogP) is 2.38. The first-order valence-corrected chi connectivity index (χ1v) is 6.75. The zero-order valence-corrected chi connectivity index (χ0v) is 10.9. The molecule has 0 saturated heterocycles. The van der Waals surface area contributed by atoms with Crippen molar-refractivity contribution in [2.45, 2.75) is 12.1 Å². The zero-order valence-electron chi connectivity index (χ0n) is 10.0. The maximum absolute atomic E-state index is 12.1.